The minimum absolute atomic E-state index is 0.363. The van der Waals surface area contributed by atoms with E-state index < -0.39 is 0 Å². The van der Waals surface area contributed by atoms with E-state index >= 15 is 0 Å². The van der Waals surface area contributed by atoms with E-state index in [0.29, 0.717) is 17.6 Å². The lowest BCUT2D eigenvalue weighted by molar-refractivity contribution is -0.0739. The molecule has 0 bridgehead atoms. The second-order valence-electron chi connectivity index (χ2n) is 7.04. The Labute approximate surface area is 118 Å². The van der Waals surface area contributed by atoms with Gasteiger partial charge in [-0.25, -0.2) is 0 Å². The SMILES string of the molecule is CCC1COC(C)CN1CC1(CN)CCCC(C)C1. The highest BCUT2D eigenvalue weighted by Gasteiger charge is 2.38. The van der Waals surface area contributed by atoms with Gasteiger partial charge in [0.15, 0.2) is 0 Å². The average molecular weight is 268 g/mol. The first kappa shape index (κ1) is 15.3. The van der Waals surface area contributed by atoms with Crippen LogP contribution in [0.3, 0.4) is 0 Å². The van der Waals surface area contributed by atoms with Crippen molar-refractivity contribution in [1.29, 1.82) is 0 Å². The molecule has 0 amide bonds. The number of nitrogens with two attached hydrogens (primary N) is 1. The van der Waals surface area contributed by atoms with Gasteiger partial charge in [0.2, 0.25) is 0 Å². The van der Waals surface area contributed by atoms with Gasteiger partial charge in [-0.1, -0.05) is 26.7 Å². The van der Waals surface area contributed by atoms with Crippen LogP contribution in [-0.2, 0) is 4.74 Å². The van der Waals surface area contributed by atoms with E-state index in [0.717, 1.165) is 25.6 Å². The van der Waals surface area contributed by atoms with Crippen LogP contribution >= 0.6 is 0 Å². The second-order valence-corrected chi connectivity index (χ2v) is 7.04. The summed E-state index contributed by atoms with van der Waals surface area (Å²) in [6, 6.07) is 0.594. The Bertz CT molecular complexity index is 284. The van der Waals surface area contributed by atoms with Gasteiger partial charge in [-0.2, -0.15) is 0 Å². The van der Waals surface area contributed by atoms with Crippen LogP contribution in [0.2, 0.25) is 0 Å². The lowest BCUT2D eigenvalue weighted by atomic mass is 9.69. The summed E-state index contributed by atoms with van der Waals surface area (Å²) in [5.74, 6) is 0.843. The molecule has 3 heteroatoms. The smallest absolute Gasteiger partial charge is 0.0674 e. The number of hydrogen-bond donors (Lipinski definition) is 1. The van der Waals surface area contributed by atoms with E-state index in [1.807, 2.05) is 0 Å². The Hall–Kier alpha value is -0.120. The van der Waals surface area contributed by atoms with Crippen molar-refractivity contribution in [1.82, 2.24) is 4.90 Å². The first-order valence-electron chi connectivity index (χ1n) is 8.14. The molecule has 1 aliphatic carbocycles. The van der Waals surface area contributed by atoms with Gasteiger partial charge in [-0.3, -0.25) is 4.90 Å². The molecule has 2 aliphatic rings. The van der Waals surface area contributed by atoms with Crippen LogP contribution in [0.5, 0.6) is 0 Å². The standard InChI is InChI=1S/C16H32N2O/c1-4-15-10-19-14(3)9-18(15)12-16(11-17)7-5-6-13(2)8-16/h13-15H,4-12,17H2,1-3H3. The molecule has 0 spiro atoms. The van der Waals surface area contributed by atoms with Crippen LogP contribution in [0.1, 0.15) is 52.9 Å². The average Bonchev–Trinajstić information content (AvgIpc) is 2.39. The summed E-state index contributed by atoms with van der Waals surface area (Å²) < 4.78 is 5.82. The van der Waals surface area contributed by atoms with E-state index in [-0.39, 0.29) is 0 Å². The van der Waals surface area contributed by atoms with Crippen LogP contribution in [-0.4, -0.2) is 43.3 Å². The van der Waals surface area contributed by atoms with Crippen LogP contribution in [0.4, 0.5) is 0 Å². The molecular weight excluding hydrogens is 236 g/mol. The fourth-order valence-electron chi connectivity index (χ4n) is 4.08. The fraction of sp³-hybridized carbons (Fsp3) is 1.00. The molecule has 0 aromatic carbocycles. The first-order chi connectivity index (χ1) is 9.08. The Morgan fingerprint density at radius 1 is 1.37 bits per heavy atom. The molecule has 2 N–H and O–H groups in total. The summed E-state index contributed by atoms with van der Waals surface area (Å²) in [6.07, 6.45) is 6.93. The molecule has 0 aromatic heterocycles. The lowest BCUT2D eigenvalue weighted by Gasteiger charge is -2.47. The van der Waals surface area contributed by atoms with E-state index in [4.69, 9.17) is 10.5 Å². The summed E-state index contributed by atoms with van der Waals surface area (Å²) >= 11 is 0. The van der Waals surface area contributed by atoms with Gasteiger partial charge < -0.3 is 10.5 Å². The summed E-state index contributed by atoms with van der Waals surface area (Å²) in [4.78, 5) is 2.67. The van der Waals surface area contributed by atoms with E-state index in [9.17, 15) is 0 Å². The van der Waals surface area contributed by atoms with Gasteiger partial charge in [0.1, 0.15) is 0 Å². The van der Waals surface area contributed by atoms with Gasteiger partial charge in [-0.15, -0.1) is 0 Å². The molecule has 1 aliphatic heterocycles. The zero-order valence-corrected chi connectivity index (χ0v) is 13.0. The number of nitrogens with zero attached hydrogens (tertiary/aromatic N) is 1. The minimum Gasteiger partial charge on any atom is -0.376 e. The van der Waals surface area contributed by atoms with E-state index in [1.165, 1.54) is 38.6 Å². The summed E-state index contributed by atoms with van der Waals surface area (Å²) in [5, 5.41) is 0. The molecule has 0 radical (unpaired) electrons. The van der Waals surface area contributed by atoms with E-state index in [2.05, 4.69) is 25.7 Å². The van der Waals surface area contributed by atoms with Crippen LogP contribution in [0.15, 0.2) is 0 Å². The van der Waals surface area contributed by atoms with Crippen molar-refractivity contribution in [2.24, 2.45) is 17.1 Å². The predicted octanol–water partition coefficient (Wildman–Crippen LogP) is 2.64. The first-order valence-corrected chi connectivity index (χ1v) is 8.14. The molecule has 112 valence electrons. The van der Waals surface area contributed by atoms with Crippen LogP contribution < -0.4 is 5.73 Å². The fourth-order valence-corrected chi connectivity index (χ4v) is 4.08. The van der Waals surface area contributed by atoms with Gasteiger partial charge >= 0.3 is 0 Å². The van der Waals surface area contributed by atoms with Gasteiger partial charge in [-0.05, 0) is 44.1 Å². The molecule has 3 nitrogen and oxygen atoms in total. The molecule has 1 saturated carbocycles. The Kier molecular flexibility index (Phi) is 5.27. The van der Waals surface area contributed by atoms with Gasteiger partial charge in [0.05, 0.1) is 12.7 Å². The van der Waals surface area contributed by atoms with Crippen LogP contribution in [0.25, 0.3) is 0 Å². The van der Waals surface area contributed by atoms with Crippen molar-refractivity contribution in [3.05, 3.63) is 0 Å². The zero-order chi connectivity index (χ0) is 13.9. The number of ether oxygens (including phenoxy) is 1. The monoisotopic (exact) mass is 268 g/mol. The maximum absolute atomic E-state index is 6.18. The third-order valence-electron chi connectivity index (χ3n) is 5.21. The van der Waals surface area contributed by atoms with Crippen LogP contribution in [0, 0.1) is 11.3 Å². The molecule has 0 aromatic rings. The second kappa shape index (κ2) is 6.55. The number of rotatable bonds is 4. The third-order valence-corrected chi connectivity index (χ3v) is 5.21. The quantitative estimate of drug-likeness (QED) is 0.852. The summed E-state index contributed by atoms with van der Waals surface area (Å²) in [5.41, 5.74) is 6.54. The Morgan fingerprint density at radius 2 is 2.16 bits per heavy atom. The van der Waals surface area contributed by atoms with E-state index in [1.54, 1.807) is 0 Å². The van der Waals surface area contributed by atoms with Crippen molar-refractivity contribution in [3.8, 4) is 0 Å². The Morgan fingerprint density at radius 3 is 2.79 bits per heavy atom. The van der Waals surface area contributed by atoms with Gasteiger partial charge in [0, 0.05) is 19.1 Å². The Balaban J connectivity index is 2.02. The number of hydrogen-bond acceptors (Lipinski definition) is 3. The largest absolute Gasteiger partial charge is 0.376 e. The normalized spacial score (nSPS) is 41.4. The number of morpholine rings is 1. The molecule has 1 saturated heterocycles. The molecule has 19 heavy (non-hydrogen) atoms. The maximum Gasteiger partial charge on any atom is 0.0674 e. The zero-order valence-electron chi connectivity index (χ0n) is 13.0. The van der Waals surface area contributed by atoms with Crippen molar-refractivity contribution in [3.63, 3.8) is 0 Å². The minimum atomic E-state index is 0.363. The highest BCUT2D eigenvalue weighted by atomic mass is 16.5. The molecule has 2 fully saturated rings. The highest BCUT2D eigenvalue weighted by molar-refractivity contribution is 4.91. The molecule has 4 atom stereocenters. The lowest BCUT2D eigenvalue weighted by Crippen LogP contribution is -2.54. The summed E-state index contributed by atoms with van der Waals surface area (Å²) in [7, 11) is 0. The molecule has 1 heterocycles. The van der Waals surface area contributed by atoms with Crippen molar-refractivity contribution in [2.75, 3.05) is 26.2 Å². The van der Waals surface area contributed by atoms with Crippen molar-refractivity contribution >= 4 is 0 Å². The molecule has 4 unspecified atom stereocenters. The molecular formula is C16H32N2O. The topological polar surface area (TPSA) is 38.5 Å². The summed E-state index contributed by atoms with van der Waals surface area (Å²) in [6.45, 7) is 10.9. The van der Waals surface area contributed by atoms with Crippen molar-refractivity contribution in [2.45, 2.75) is 65.0 Å². The van der Waals surface area contributed by atoms with Gasteiger partial charge in [0.25, 0.3) is 0 Å². The molecule has 2 rings (SSSR count). The maximum atomic E-state index is 6.18. The third kappa shape index (κ3) is 3.71. The predicted molar refractivity (Wildman–Crippen MR) is 80.2 cm³/mol. The highest BCUT2D eigenvalue weighted by Crippen LogP contribution is 2.40. The van der Waals surface area contributed by atoms with Crippen molar-refractivity contribution < 1.29 is 4.74 Å².